The zero-order valence-corrected chi connectivity index (χ0v) is 27.0. The molecule has 0 amide bonds. The van der Waals surface area contributed by atoms with Gasteiger partial charge in [0.25, 0.3) is 0 Å². The van der Waals surface area contributed by atoms with E-state index in [-0.39, 0.29) is 12.3 Å². The minimum absolute atomic E-state index is 0.0438. The Morgan fingerprint density at radius 3 is 2.09 bits per heavy atom. The molecule has 2 aliphatic heterocycles. The van der Waals surface area contributed by atoms with E-state index in [9.17, 15) is 40.2 Å². The van der Waals surface area contributed by atoms with Crippen molar-refractivity contribution in [2.45, 2.75) is 145 Å². The molecular formula is C31H52O15. The van der Waals surface area contributed by atoms with Crippen LogP contribution in [-0.2, 0) is 42.7 Å². The maximum absolute atomic E-state index is 12.8. The second-order valence-corrected chi connectivity index (χ2v) is 13.2. The lowest BCUT2D eigenvalue weighted by atomic mass is 9.78. The molecule has 0 spiro atoms. The van der Waals surface area contributed by atoms with E-state index in [2.05, 4.69) is 0 Å². The molecule has 15 nitrogen and oxygen atoms in total. The molecule has 0 bridgehead atoms. The summed E-state index contributed by atoms with van der Waals surface area (Å²) in [7, 11) is 2.49. The van der Waals surface area contributed by atoms with Gasteiger partial charge < -0.3 is 63.8 Å². The molecule has 2 heterocycles. The van der Waals surface area contributed by atoms with Crippen molar-refractivity contribution in [2.24, 2.45) is 17.8 Å². The molecule has 14 unspecified atom stereocenters. The zero-order valence-electron chi connectivity index (χ0n) is 27.0. The Kier molecular flexibility index (Phi) is 13.6. The van der Waals surface area contributed by atoms with Crippen LogP contribution in [0.25, 0.3) is 0 Å². The van der Waals surface area contributed by atoms with Gasteiger partial charge in [-0.1, -0.05) is 39.0 Å². The van der Waals surface area contributed by atoms with Crippen LogP contribution < -0.4 is 0 Å². The van der Waals surface area contributed by atoms with Gasteiger partial charge in [0.1, 0.15) is 42.7 Å². The van der Waals surface area contributed by atoms with Gasteiger partial charge in [-0.3, -0.25) is 4.79 Å². The van der Waals surface area contributed by atoms with Gasteiger partial charge in [0.2, 0.25) is 0 Å². The molecule has 0 aromatic carbocycles. The molecule has 46 heavy (non-hydrogen) atoms. The molecule has 0 radical (unpaired) electrons. The van der Waals surface area contributed by atoms with Crippen LogP contribution in [0.2, 0.25) is 0 Å². The Morgan fingerprint density at radius 1 is 0.783 bits per heavy atom. The number of aliphatic hydroxyl groups is 6. The highest BCUT2D eigenvalue weighted by Crippen LogP contribution is 2.39. The first-order valence-electron chi connectivity index (χ1n) is 16.3. The molecule has 2 saturated heterocycles. The van der Waals surface area contributed by atoms with Crippen molar-refractivity contribution in [2.75, 3.05) is 20.8 Å². The predicted octanol–water partition coefficient (Wildman–Crippen LogP) is -0.860. The molecule has 4 rings (SSSR count). The van der Waals surface area contributed by atoms with Crippen LogP contribution in [0.1, 0.15) is 65.2 Å². The SMILES string of the molecule is COC(=O)C1CC(C)C(OC2OC(C)C(O)C(O)C2O)C(OC2OC(CO)C(O)C(O[C@@H](CC3CCCCC3)C(=O)OC)C2O)C1. The smallest absolute Gasteiger partial charge is 0.334 e. The van der Waals surface area contributed by atoms with Crippen LogP contribution in [-0.4, -0.2) is 143 Å². The zero-order chi connectivity index (χ0) is 33.7. The number of hydrogen-bond donors (Lipinski definition) is 6. The second-order valence-electron chi connectivity index (χ2n) is 13.2. The predicted molar refractivity (Wildman–Crippen MR) is 156 cm³/mol. The quantitative estimate of drug-likeness (QED) is 0.148. The summed E-state index contributed by atoms with van der Waals surface area (Å²) in [6.45, 7) is 2.64. The van der Waals surface area contributed by atoms with Crippen molar-refractivity contribution in [1.29, 1.82) is 0 Å². The monoisotopic (exact) mass is 664 g/mol. The molecule has 4 fully saturated rings. The van der Waals surface area contributed by atoms with Gasteiger partial charge in [0.05, 0.1) is 45.1 Å². The van der Waals surface area contributed by atoms with E-state index in [0.717, 1.165) is 32.1 Å². The first kappa shape index (κ1) is 37.3. The van der Waals surface area contributed by atoms with Crippen LogP contribution in [0.15, 0.2) is 0 Å². The summed E-state index contributed by atoms with van der Waals surface area (Å²) in [6.07, 6.45) is -11.3. The Balaban J connectivity index is 1.56. The van der Waals surface area contributed by atoms with Crippen LogP contribution in [0.3, 0.4) is 0 Å². The van der Waals surface area contributed by atoms with E-state index >= 15 is 0 Å². The minimum Gasteiger partial charge on any atom is -0.469 e. The third kappa shape index (κ3) is 8.55. The van der Waals surface area contributed by atoms with Crippen molar-refractivity contribution in [3.63, 3.8) is 0 Å². The van der Waals surface area contributed by atoms with Gasteiger partial charge in [-0.2, -0.15) is 0 Å². The van der Waals surface area contributed by atoms with Gasteiger partial charge in [0, 0.05) is 0 Å². The van der Waals surface area contributed by atoms with E-state index in [1.165, 1.54) is 21.1 Å². The third-order valence-corrected chi connectivity index (χ3v) is 9.92. The largest absolute Gasteiger partial charge is 0.469 e. The highest BCUT2D eigenvalue weighted by molar-refractivity contribution is 5.74. The fourth-order valence-electron chi connectivity index (χ4n) is 7.21. The molecule has 2 aliphatic carbocycles. The summed E-state index contributed by atoms with van der Waals surface area (Å²) in [5, 5.41) is 63.6. The maximum atomic E-state index is 12.8. The van der Waals surface area contributed by atoms with Crippen LogP contribution in [0.4, 0.5) is 0 Å². The van der Waals surface area contributed by atoms with Crippen molar-refractivity contribution in [3.05, 3.63) is 0 Å². The summed E-state index contributed by atoms with van der Waals surface area (Å²) in [5.74, 6) is -1.97. The van der Waals surface area contributed by atoms with Gasteiger partial charge in [-0.15, -0.1) is 0 Å². The fraction of sp³-hybridized carbons (Fsp3) is 0.935. The number of methoxy groups -OCH3 is 2. The van der Waals surface area contributed by atoms with Crippen LogP contribution >= 0.6 is 0 Å². The molecule has 266 valence electrons. The Labute approximate surface area is 269 Å². The van der Waals surface area contributed by atoms with Gasteiger partial charge in [-0.25, -0.2) is 4.79 Å². The average molecular weight is 665 g/mol. The second kappa shape index (κ2) is 16.7. The Hall–Kier alpha value is -1.50. The number of esters is 2. The van der Waals surface area contributed by atoms with Crippen molar-refractivity contribution >= 4 is 11.9 Å². The molecular weight excluding hydrogens is 612 g/mol. The Bertz CT molecular complexity index is 978. The van der Waals surface area contributed by atoms with Crippen molar-refractivity contribution in [1.82, 2.24) is 0 Å². The standard InChI is InChI=1S/C31H52O15/c1-14-10-17(28(38)40-3)12-18(26(14)46-30-24(36)23(35)21(33)15(2)42-30)44-31-25(37)27(22(34)20(13-32)45-31)43-19(29(39)41-4)11-16-8-6-5-7-9-16/h14-27,30-37H,5-13H2,1-4H3/t14?,15?,17?,18?,19-,20?,21?,22?,23?,24?,25?,26?,27?,30?,31?/m0/s1. The minimum atomic E-state index is -1.65. The van der Waals surface area contributed by atoms with Crippen molar-refractivity contribution in [3.8, 4) is 0 Å². The van der Waals surface area contributed by atoms with Crippen LogP contribution in [0.5, 0.6) is 0 Å². The summed E-state index contributed by atoms with van der Waals surface area (Å²) in [6, 6.07) is 0. The Morgan fingerprint density at radius 2 is 1.46 bits per heavy atom. The molecule has 6 N–H and O–H groups in total. The van der Waals surface area contributed by atoms with Gasteiger partial charge >= 0.3 is 11.9 Å². The van der Waals surface area contributed by atoms with Gasteiger partial charge in [-0.05, 0) is 38.0 Å². The number of aliphatic hydroxyl groups excluding tert-OH is 6. The topological polar surface area (TPSA) is 220 Å². The first-order valence-corrected chi connectivity index (χ1v) is 16.3. The number of carbonyl (C=O) groups excluding carboxylic acids is 2. The number of rotatable bonds is 11. The molecule has 0 aromatic heterocycles. The lowest BCUT2D eigenvalue weighted by Crippen LogP contribution is -2.63. The summed E-state index contributed by atoms with van der Waals surface area (Å²) < 4.78 is 39.8. The number of hydrogen-bond acceptors (Lipinski definition) is 15. The fourth-order valence-corrected chi connectivity index (χ4v) is 7.21. The lowest BCUT2D eigenvalue weighted by Gasteiger charge is -2.47. The molecule has 15 heteroatoms. The van der Waals surface area contributed by atoms with E-state index in [1.807, 2.05) is 0 Å². The maximum Gasteiger partial charge on any atom is 0.334 e. The molecule has 4 aliphatic rings. The highest BCUT2D eigenvalue weighted by Gasteiger charge is 2.52. The third-order valence-electron chi connectivity index (χ3n) is 9.92. The average Bonchev–Trinajstić information content (AvgIpc) is 3.05. The van der Waals surface area contributed by atoms with E-state index in [1.54, 1.807) is 6.92 Å². The normalized spacial score (nSPS) is 43.1. The van der Waals surface area contributed by atoms with Crippen LogP contribution in [0, 0.1) is 17.8 Å². The molecule has 15 atom stereocenters. The summed E-state index contributed by atoms with van der Waals surface area (Å²) in [4.78, 5) is 25.4. The molecule has 0 aromatic rings. The highest BCUT2D eigenvalue weighted by atomic mass is 16.7. The summed E-state index contributed by atoms with van der Waals surface area (Å²) >= 11 is 0. The van der Waals surface area contributed by atoms with E-state index in [4.69, 9.17) is 33.2 Å². The number of ether oxygens (including phenoxy) is 7. The van der Waals surface area contributed by atoms with Gasteiger partial charge in [0.15, 0.2) is 18.7 Å². The van der Waals surface area contributed by atoms with E-state index < -0.39 is 110 Å². The molecule has 2 saturated carbocycles. The van der Waals surface area contributed by atoms with E-state index in [0.29, 0.717) is 12.8 Å². The number of carbonyl (C=O) groups is 2. The van der Waals surface area contributed by atoms with Crippen molar-refractivity contribution < 1.29 is 73.4 Å². The summed E-state index contributed by atoms with van der Waals surface area (Å²) in [5.41, 5.74) is 0. The first-order chi connectivity index (χ1) is 21.9. The lowest BCUT2D eigenvalue weighted by molar-refractivity contribution is -0.350.